The van der Waals surface area contributed by atoms with Crippen LogP contribution in [0.2, 0.25) is 0 Å². The second-order valence-electron chi connectivity index (χ2n) is 7.84. The predicted molar refractivity (Wildman–Crippen MR) is 143 cm³/mol. The van der Waals surface area contributed by atoms with Crippen LogP contribution in [0, 0.1) is 6.92 Å². The minimum absolute atomic E-state index is 0.207. The average Bonchev–Trinajstić information content (AvgIpc) is 2.87. The van der Waals surface area contributed by atoms with Gasteiger partial charge in [0.25, 0.3) is 5.91 Å². The first-order chi connectivity index (χ1) is 17.1. The van der Waals surface area contributed by atoms with Gasteiger partial charge in [0.1, 0.15) is 0 Å². The Morgan fingerprint density at radius 1 is 0.914 bits per heavy atom. The Morgan fingerprint density at radius 3 is 2.20 bits per heavy atom. The molecule has 0 unspecified atom stereocenters. The highest BCUT2D eigenvalue weighted by Gasteiger charge is 2.31. The largest absolute Gasteiger partial charge is 0.490 e. The first-order valence-corrected chi connectivity index (χ1v) is 12.8. The maximum Gasteiger partial charge on any atom is 0.264 e. The maximum absolute atomic E-state index is 14.1. The molecule has 0 saturated carbocycles. The van der Waals surface area contributed by atoms with Gasteiger partial charge in [-0.3, -0.25) is 9.69 Å². The molecule has 0 N–H and O–H groups in total. The van der Waals surface area contributed by atoms with Gasteiger partial charge in [0.05, 0.1) is 31.2 Å². The smallest absolute Gasteiger partial charge is 0.264 e. The summed E-state index contributed by atoms with van der Waals surface area (Å²) in [5.74, 6) is 2.01. The molecule has 6 nitrogen and oxygen atoms in total. The molecule has 3 aromatic rings. The number of amides is 1. The van der Waals surface area contributed by atoms with Crippen molar-refractivity contribution in [1.29, 1.82) is 0 Å². The van der Waals surface area contributed by atoms with Crippen molar-refractivity contribution in [1.82, 2.24) is 0 Å². The Morgan fingerprint density at radius 2 is 1.54 bits per heavy atom. The summed E-state index contributed by atoms with van der Waals surface area (Å²) in [6.07, 6.45) is 0. The molecular formula is C28H30N2O4S. The van der Waals surface area contributed by atoms with Crippen molar-refractivity contribution in [3.8, 4) is 17.2 Å². The number of para-hydroxylation sites is 2. The molecule has 0 bridgehead atoms. The Balaban J connectivity index is 1.85. The van der Waals surface area contributed by atoms with Crippen molar-refractivity contribution in [2.75, 3.05) is 24.7 Å². The van der Waals surface area contributed by atoms with Crippen LogP contribution in [0.4, 0.5) is 11.4 Å². The first-order valence-electron chi connectivity index (χ1n) is 11.8. The van der Waals surface area contributed by atoms with Crippen LogP contribution in [0.5, 0.6) is 17.2 Å². The minimum atomic E-state index is -0.207. The summed E-state index contributed by atoms with van der Waals surface area (Å²) in [6.45, 7) is 9.04. The Hall–Kier alpha value is -3.45. The standard InChI is InChI=1S/C28H30N2O4S/c1-5-32-24-16-21(17-25(33-6-2)26(24)34-7-3)27(31)30-23-15-11-9-13-20(23)18-35-28(30)29-22-14-10-8-12-19(22)4/h8-17H,5-7,18H2,1-4H3. The van der Waals surface area contributed by atoms with Crippen molar-refractivity contribution in [3.63, 3.8) is 0 Å². The number of hydrogen-bond acceptors (Lipinski definition) is 6. The van der Waals surface area contributed by atoms with Crippen LogP contribution in [0.1, 0.15) is 42.3 Å². The molecule has 1 aliphatic heterocycles. The highest BCUT2D eigenvalue weighted by molar-refractivity contribution is 8.13. The van der Waals surface area contributed by atoms with E-state index in [1.165, 1.54) is 0 Å². The lowest BCUT2D eigenvalue weighted by atomic mass is 10.1. The van der Waals surface area contributed by atoms with Gasteiger partial charge in [0.2, 0.25) is 5.75 Å². The number of carbonyl (C=O) groups is 1. The molecule has 0 fully saturated rings. The zero-order chi connectivity index (χ0) is 24.8. The number of nitrogens with zero attached hydrogens (tertiary/aromatic N) is 2. The van der Waals surface area contributed by atoms with Gasteiger partial charge < -0.3 is 14.2 Å². The number of carbonyl (C=O) groups excluding carboxylic acids is 1. The number of fused-ring (bicyclic) bond motifs is 1. The Bertz CT molecular complexity index is 1210. The van der Waals surface area contributed by atoms with Gasteiger partial charge in [-0.25, -0.2) is 4.99 Å². The van der Waals surface area contributed by atoms with E-state index in [-0.39, 0.29) is 5.91 Å². The second kappa shape index (κ2) is 11.3. The summed E-state index contributed by atoms with van der Waals surface area (Å²) in [5, 5.41) is 0.632. The highest BCUT2D eigenvalue weighted by Crippen LogP contribution is 2.41. The number of aliphatic imine (C=N–C) groups is 1. The van der Waals surface area contributed by atoms with E-state index in [0.717, 1.165) is 28.3 Å². The first kappa shape index (κ1) is 24.7. The quantitative estimate of drug-likeness (QED) is 0.349. The van der Waals surface area contributed by atoms with Gasteiger partial charge in [-0.2, -0.15) is 0 Å². The number of hydrogen-bond donors (Lipinski definition) is 0. The molecule has 35 heavy (non-hydrogen) atoms. The van der Waals surface area contributed by atoms with Crippen LogP contribution in [0.3, 0.4) is 0 Å². The van der Waals surface area contributed by atoms with E-state index in [9.17, 15) is 4.79 Å². The number of aryl methyl sites for hydroxylation is 1. The molecule has 0 spiro atoms. The normalized spacial score (nSPS) is 13.9. The maximum atomic E-state index is 14.1. The number of benzene rings is 3. The lowest BCUT2D eigenvalue weighted by Crippen LogP contribution is -2.38. The van der Waals surface area contributed by atoms with Crippen molar-refractivity contribution < 1.29 is 19.0 Å². The number of ether oxygens (including phenoxy) is 3. The van der Waals surface area contributed by atoms with Crippen LogP contribution in [0.25, 0.3) is 0 Å². The molecule has 0 radical (unpaired) electrons. The zero-order valence-corrected chi connectivity index (χ0v) is 21.4. The number of rotatable bonds is 8. The predicted octanol–water partition coefficient (Wildman–Crippen LogP) is 6.77. The van der Waals surface area contributed by atoms with Crippen LogP contribution in [-0.4, -0.2) is 30.9 Å². The molecule has 1 aliphatic rings. The number of thioether (sulfide) groups is 1. The van der Waals surface area contributed by atoms with Gasteiger partial charge in [0, 0.05) is 11.3 Å². The second-order valence-corrected chi connectivity index (χ2v) is 8.78. The van der Waals surface area contributed by atoms with Crippen LogP contribution in [-0.2, 0) is 5.75 Å². The summed E-state index contributed by atoms with van der Waals surface area (Å²) in [5.41, 5.74) is 4.23. The molecule has 4 rings (SSSR count). The summed E-state index contributed by atoms with van der Waals surface area (Å²) in [7, 11) is 0. The SMILES string of the molecule is CCOc1cc(C(=O)N2C(=Nc3ccccc3C)SCc3ccccc32)cc(OCC)c1OCC. The monoisotopic (exact) mass is 490 g/mol. The molecule has 0 saturated heterocycles. The van der Waals surface area contributed by atoms with E-state index in [1.807, 2.05) is 76.2 Å². The summed E-state index contributed by atoms with van der Waals surface area (Å²) < 4.78 is 17.5. The summed E-state index contributed by atoms with van der Waals surface area (Å²) >= 11 is 1.55. The zero-order valence-electron chi connectivity index (χ0n) is 20.5. The third-order valence-corrected chi connectivity index (χ3v) is 6.46. The fraction of sp³-hybridized carbons (Fsp3) is 0.286. The molecule has 1 amide bonds. The average molecular weight is 491 g/mol. The van der Waals surface area contributed by atoms with Gasteiger partial charge >= 0.3 is 0 Å². The molecule has 0 atom stereocenters. The van der Waals surface area contributed by atoms with Crippen molar-refractivity contribution >= 4 is 34.2 Å². The van der Waals surface area contributed by atoms with E-state index in [0.29, 0.717) is 47.8 Å². The van der Waals surface area contributed by atoms with E-state index >= 15 is 0 Å². The minimum Gasteiger partial charge on any atom is -0.490 e. The van der Waals surface area contributed by atoms with Crippen LogP contribution in [0.15, 0.2) is 65.7 Å². The molecule has 1 heterocycles. The van der Waals surface area contributed by atoms with E-state index in [1.54, 1.807) is 28.8 Å². The third kappa shape index (κ3) is 5.30. The van der Waals surface area contributed by atoms with Gasteiger partial charge in [-0.15, -0.1) is 0 Å². The fourth-order valence-electron chi connectivity index (χ4n) is 3.87. The highest BCUT2D eigenvalue weighted by atomic mass is 32.2. The Labute approximate surface area is 210 Å². The molecule has 7 heteroatoms. The molecule has 3 aromatic carbocycles. The third-order valence-electron chi connectivity index (χ3n) is 5.47. The lowest BCUT2D eigenvalue weighted by Gasteiger charge is -2.30. The fourth-order valence-corrected chi connectivity index (χ4v) is 4.87. The molecule has 182 valence electrons. The van der Waals surface area contributed by atoms with Gasteiger partial charge in [0.15, 0.2) is 16.7 Å². The molecule has 0 aliphatic carbocycles. The number of amidine groups is 1. The Kier molecular flexibility index (Phi) is 7.98. The van der Waals surface area contributed by atoms with Gasteiger partial charge in [-0.05, 0) is 63.1 Å². The molecular weight excluding hydrogens is 460 g/mol. The van der Waals surface area contributed by atoms with E-state index < -0.39 is 0 Å². The van der Waals surface area contributed by atoms with Crippen LogP contribution >= 0.6 is 11.8 Å². The topological polar surface area (TPSA) is 60.4 Å². The van der Waals surface area contributed by atoms with Crippen LogP contribution < -0.4 is 19.1 Å². The summed E-state index contributed by atoms with van der Waals surface area (Å²) in [6, 6.07) is 19.3. The molecule has 0 aromatic heterocycles. The lowest BCUT2D eigenvalue weighted by molar-refractivity contribution is 0.100. The van der Waals surface area contributed by atoms with Crippen molar-refractivity contribution in [2.45, 2.75) is 33.4 Å². The van der Waals surface area contributed by atoms with E-state index in [4.69, 9.17) is 19.2 Å². The van der Waals surface area contributed by atoms with Crippen molar-refractivity contribution in [2.24, 2.45) is 4.99 Å². The number of anilines is 1. The summed E-state index contributed by atoms with van der Waals surface area (Å²) in [4.78, 5) is 20.7. The van der Waals surface area contributed by atoms with Crippen molar-refractivity contribution in [3.05, 3.63) is 77.4 Å². The van der Waals surface area contributed by atoms with Gasteiger partial charge in [-0.1, -0.05) is 48.2 Å². The van der Waals surface area contributed by atoms with E-state index in [2.05, 4.69) is 0 Å².